The molecular weight excluding hydrogens is 338 g/mol. The second-order valence-electron chi connectivity index (χ2n) is 7.38. The Morgan fingerprint density at radius 1 is 1.19 bits per heavy atom. The van der Waals surface area contributed by atoms with Crippen molar-refractivity contribution in [3.63, 3.8) is 0 Å². The van der Waals surface area contributed by atoms with Crippen LogP contribution in [-0.4, -0.2) is 42.8 Å². The van der Waals surface area contributed by atoms with Crippen LogP contribution in [0.2, 0.25) is 0 Å². The van der Waals surface area contributed by atoms with E-state index in [1.807, 2.05) is 31.5 Å². The molecule has 7 nitrogen and oxygen atoms in total. The third-order valence-corrected chi connectivity index (χ3v) is 5.00. The van der Waals surface area contributed by atoms with Gasteiger partial charge in [0.15, 0.2) is 5.82 Å². The number of nitrogens with zero attached hydrogens (tertiary/aromatic N) is 7. The van der Waals surface area contributed by atoms with E-state index in [-0.39, 0.29) is 0 Å². The minimum absolute atomic E-state index is 0.359. The summed E-state index contributed by atoms with van der Waals surface area (Å²) >= 11 is 0. The summed E-state index contributed by atoms with van der Waals surface area (Å²) in [5.41, 5.74) is 1.75. The molecule has 0 N–H and O–H groups in total. The van der Waals surface area contributed by atoms with Crippen molar-refractivity contribution in [2.45, 2.75) is 45.6 Å². The normalized spacial score (nSPS) is 17.5. The molecule has 0 radical (unpaired) electrons. The highest BCUT2D eigenvalue weighted by atomic mass is 15.3. The molecule has 0 aromatic carbocycles. The summed E-state index contributed by atoms with van der Waals surface area (Å²) in [7, 11) is 0. The van der Waals surface area contributed by atoms with Gasteiger partial charge in [0.25, 0.3) is 0 Å². The highest BCUT2D eigenvalue weighted by Gasteiger charge is 2.27. The SMILES string of the molecule is Cc1cc(N2CCCC(c3nncn3C(C)C)C2)nc(-c2ccccn2)n1. The number of hydrogen-bond acceptors (Lipinski definition) is 6. The van der Waals surface area contributed by atoms with E-state index in [4.69, 9.17) is 4.98 Å². The van der Waals surface area contributed by atoms with Crippen molar-refractivity contribution in [2.75, 3.05) is 18.0 Å². The van der Waals surface area contributed by atoms with E-state index in [2.05, 4.69) is 49.5 Å². The lowest BCUT2D eigenvalue weighted by Crippen LogP contribution is -2.36. The molecule has 0 bridgehead atoms. The van der Waals surface area contributed by atoms with Crippen LogP contribution in [0.15, 0.2) is 36.8 Å². The summed E-state index contributed by atoms with van der Waals surface area (Å²) in [5.74, 6) is 3.07. The van der Waals surface area contributed by atoms with Crippen LogP contribution >= 0.6 is 0 Å². The lowest BCUT2D eigenvalue weighted by Gasteiger charge is -2.33. The van der Waals surface area contributed by atoms with Crippen molar-refractivity contribution >= 4 is 5.82 Å². The minimum Gasteiger partial charge on any atom is -0.356 e. The van der Waals surface area contributed by atoms with Gasteiger partial charge < -0.3 is 9.47 Å². The maximum atomic E-state index is 4.81. The van der Waals surface area contributed by atoms with Crippen molar-refractivity contribution in [1.82, 2.24) is 29.7 Å². The van der Waals surface area contributed by atoms with Gasteiger partial charge in [-0.3, -0.25) is 4.98 Å². The van der Waals surface area contributed by atoms with E-state index < -0.39 is 0 Å². The van der Waals surface area contributed by atoms with E-state index in [0.717, 1.165) is 49.0 Å². The van der Waals surface area contributed by atoms with Crippen LogP contribution in [0.5, 0.6) is 0 Å². The molecule has 4 rings (SSSR count). The topological polar surface area (TPSA) is 72.6 Å². The molecule has 0 spiro atoms. The van der Waals surface area contributed by atoms with Gasteiger partial charge in [0.2, 0.25) is 0 Å². The third kappa shape index (κ3) is 3.67. The van der Waals surface area contributed by atoms with E-state index in [1.165, 1.54) is 0 Å². The summed E-state index contributed by atoms with van der Waals surface area (Å²) < 4.78 is 2.18. The number of piperidine rings is 1. The zero-order valence-corrected chi connectivity index (χ0v) is 16.1. The van der Waals surface area contributed by atoms with E-state index in [9.17, 15) is 0 Å². The van der Waals surface area contributed by atoms with Gasteiger partial charge >= 0.3 is 0 Å². The Kier molecular flexibility index (Phi) is 4.83. The molecule has 1 aliphatic rings. The Hall–Kier alpha value is -2.83. The average Bonchev–Trinajstić information content (AvgIpc) is 3.19. The monoisotopic (exact) mass is 363 g/mol. The zero-order chi connectivity index (χ0) is 18.8. The van der Waals surface area contributed by atoms with Gasteiger partial charge in [-0.1, -0.05) is 6.07 Å². The van der Waals surface area contributed by atoms with Crippen molar-refractivity contribution in [1.29, 1.82) is 0 Å². The maximum Gasteiger partial charge on any atom is 0.180 e. The van der Waals surface area contributed by atoms with Gasteiger partial charge in [0.1, 0.15) is 23.7 Å². The third-order valence-electron chi connectivity index (χ3n) is 5.00. The van der Waals surface area contributed by atoms with Gasteiger partial charge in [0, 0.05) is 43.0 Å². The number of aromatic nitrogens is 6. The molecule has 0 saturated carbocycles. The van der Waals surface area contributed by atoms with Crippen molar-refractivity contribution in [2.24, 2.45) is 0 Å². The van der Waals surface area contributed by atoms with Crippen LogP contribution in [0.4, 0.5) is 5.82 Å². The predicted octanol–water partition coefficient (Wildman–Crippen LogP) is 3.40. The van der Waals surface area contributed by atoms with Gasteiger partial charge in [-0.05, 0) is 45.7 Å². The van der Waals surface area contributed by atoms with Crippen molar-refractivity contribution in [3.05, 3.63) is 48.3 Å². The maximum absolute atomic E-state index is 4.81. The molecule has 3 aromatic heterocycles. The Labute approximate surface area is 159 Å². The number of rotatable bonds is 4. The molecule has 1 atom stereocenters. The first-order chi connectivity index (χ1) is 13.1. The Balaban J connectivity index is 1.62. The Bertz CT molecular complexity index is 904. The fourth-order valence-corrected chi connectivity index (χ4v) is 3.66. The van der Waals surface area contributed by atoms with Crippen LogP contribution in [0, 0.1) is 6.92 Å². The summed E-state index contributed by atoms with van der Waals surface area (Å²) in [6.07, 6.45) is 5.85. The number of pyridine rings is 1. The summed E-state index contributed by atoms with van der Waals surface area (Å²) in [6, 6.07) is 8.23. The molecular formula is C20H25N7. The molecule has 0 aliphatic carbocycles. The summed E-state index contributed by atoms with van der Waals surface area (Å²) in [6.45, 7) is 8.23. The second kappa shape index (κ2) is 7.42. The zero-order valence-electron chi connectivity index (χ0n) is 16.1. The minimum atomic E-state index is 0.359. The molecule has 0 amide bonds. The molecule has 1 aliphatic heterocycles. The van der Waals surface area contributed by atoms with Gasteiger partial charge in [0.05, 0.1) is 0 Å². The Morgan fingerprint density at radius 3 is 2.85 bits per heavy atom. The summed E-state index contributed by atoms with van der Waals surface area (Å²) in [5, 5.41) is 8.56. The van der Waals surface area contributed by atoms with Crippen LogP contribution in [0.25, 0.3) is 11.5 Å². The first-order valence-electron chi connectivity index (χ1n) is 9.53. The highest BCUT2D eigenvalue weighted by Crippen LogP contribution is 2.30. The van der Waals surface area contributed by atoms with E-state index in [0.29, 0.717) is 17.8 Å². The van der Waals surface area contributed by atoms with E-state index in [1.54, 1.807) is 6.20 Å². The van der Waals surface area contributed by atoms with Crippen LogP contribution in [0.3, 0.4) is 0 Å². The Morgan fingerprint density at radius 2 is 2.07 bits per heavy atom. The first kappa shape index (κ1) is 17.6. The number of anilines is 1. The van der Waals surface area contributed by atoms with Crippen LogP contribution in [0.1, 0.15) is 50.2 Å². The first-order valence-corrected chi connectivity index (χ1v) is 9.53. The molecule has 1 fully saturated rings. The molecule has 1 saturated heterocycles. The highest BCUT2D eigenvalue weighted by molar-refractivity contribution is 5.53. The quantitative estimate of drug-likeness (QED) is 0.707. The lowest BCUT2D eigenvalue weighted by molar-refractivity contribution is 0.453. The predicted molar refractivity (Wildman–Crippen MR) is 105 cm³/mol. The molecule has 140 valence electrons. The fraction of sp³-hybridized carbons (Fsp3) is 0.450. The molecule has 1 unspecified atom stereocenters. The van der Waals surface area contributed by atoms with Gasteiger partial charge in [-0.15, -0.1) is 10.2 Å². The van der Waals surface area contributed by atoms with Crippen LogP contribution < -0.4 is 4.90 Å². The van der Waals surface area contributed by atoms with Crippen molar-refractivity contribution in [3.8, 4) is 11.5 Å². The van der Waals surface area contributed by atoms with Gasteiger partial charge in [-0.25, -0.2) is 9.97 Å². The lowest BCUT2D eigenvalue weighted by atomic mass is 9.97. The molecule has 4 heterocycles. The summed E-state index contributed by atoms with van der Waals surface area (Å²) in [4.78, 5) is 16.1. The smallest absolute Gasteiger partial charge is 0.180 e. The number of aryl methyl sites for hydroxylation is 1. The standard InChI is InChI=1S/C20H25N7/c1-14(2)27-13-22-25-20(27)16-7-6-10-26(12-16)18-11-15(3)23-19(24-18)17-8-4-5-9-21-17/h4-5,8-9,11,13-14,16H,6-7,10,12H2,1-3H3. The van der Waals surface area contributed by atoms with Crippen molar-refractivity contribution < 1.29 is 0 Å². The second-order valence-corrected chi connectivity index (χ2v) is 7.38. The largest absolute Gasteiger partial charge is 0.356 e. The van der Waals surface area contributed by atoms with Crippen LogP contribution in [-0.2, 0) is 0 Å². The number of hydrogen-bond donors (Lipinski definition) is 0. The average molecular weight is 363 g/mol. The van der Waals surface area contributed by atoms with E-state index >= 15 is 0 Å². The molecule has 7 heteroatoms. The fourth-order valence-electron chi connectivity index (χ4n) is 3.66. The molecule has 27 heavy (non-hydrogen) atoms. The molecule has 3 aromatic rings. The van der Waals surface area contributed by atoms with Gasteiger partial charge in [-0.2, -0.15) is 0 Å².